The first-order valence-corrected chi connectivity index (χ1v) is 9.62. The molecule has 0 aromatic carbocycles. The molecule has 0 unspecified atom stereocenters. The van der Waals surface area contributed by atoms with E-state index in [-0.39, 0.29) is 6.61 Å². The van der Waals surface area contributed by atoms with E-state index in [9.17, 15) is 5.11 Å². The molecule has 0 amide bonds. The van der Waals surface area contributed by atoms with Gasteiger partial charge in [-0.2, -0.15) is 0 Å². The molecular weight excluding hydrogens is 342 g/mol. The number of hydrogen-bond donors (Lipinski definition) is 1. The molecule has 0 radical (unpaired) electrons. The van der Waals surface area contributed by atoms with Crippen molar-refractivity contribution < 1.29 is 9.84 Å². The summed E-state index contributed by atoms with van der Waals surface area (Å²) in [5, 5.41) is 11.7. The topological polar surface area (TPSA) is 42.4 Å². The first-order valence-electron chi connectivity index (χ1n) is 8.36. The van der Waals surface area contributed by atoms with Gasteiger partial charge in [-0.25, -0.2) is 4.98 Å². The van der Waals surface area contributed by atoms with Crippen molar-refractivity contribution in [3.63, 3.8) is 0 Å². The van der Waals surface area contributed by atoms with Crippen LogP contribution in [-0.4, -0.2) is 16.7 Å². The number of hydrogen-bond acceptors (Lipinski definition) is 4. The van der Waals surface area contributed by atoms with Crippen LogP contribution in [0.15, 0.2) is 41.3 Å². The van der Waals surface area contributed by atoms with E-state index in [0.29, 0.717) is 29.1 Å². The Bertz CT molecular complexity index is 685. The third-order valence-corrected chi connectivity index (χ3v) is 5.48. The average molecular weight is 364 g/mol. The minimum absolute atomic E-state index is 0.131. The number of ether oxygens (including phenoxy) is 1. The van der Waals surface area contributed by atoms with Gasteiger partial charge >= 0.3 is 0 Å². The lowest BCUT2D eigenvalue weighted by Gasteiger charge is -2.16. The zero-order valence-corrected chi connectivity index (χ0v) is 15.2. The van der Waals surface area contributed by atoms with Crippen LogP contribution in [0.4, 0.5) is 0 Å². The molecule has 0 spiro atoms. The summed E-state index contributed by atoms with van der Waals surface area (Å²) < 4.78 is 5.92. The fourth-order valence-corrected chi connectivity index (χ4v) is 4.09. The molecule has 1 aliphatic carbocycles. The van der Waals surface area contributed by atoms with Crippen molar-refractivity contribution in [1.82, 2.24) is 4.98 Å². The first-order chi connectivity index (χ1) is 11.7. The van der Waals surface area contributed by atoms with E-state index in [1.54, 1.807) is 12.1 Å². The Balaban J connectivity index is 1.49. The molecule has 1 atom stereocenters. The van der Waals surface area contributed by atoms with Crippen molar-refractivity contribution in [3.05, 3.63) is 57.0 Å². The van der Waals surface area contributed by atoms with Crippen LogP contribution in [0.5, 0.6) is 5.75 Å². The number of halogens is 1. The highest BCUT2D eigenvalue weighted by Crippen LogP contribution is 2.31. The smallest absolute Gasteiger partial charge is 0.133 e. The van der Waals surface area contributed by atoms with Gasteiger partial charge < -0.3 is 9.84 Å². The molecule has 0 aliphatic heterocycles. The van der Waals surface area contributed by atoms with Crippen LogP contribution in [0, 0.1) is 5.92 Å². The highest BCUT2D eigenvalue weighted by atomic mass is 35.5. The van der Waals surface area contributed by atoms with Gasteiger partial charge in [0.2, 0.25) is 0 Å². The Kier molecular flexibility index (Phi) is 6.30. The molecule has 0 bridgehead atoms. The quantitative estimate of drug-likeness (QED) is 0.528. The van der Waals surface area contributed by atoms with E-state index in [0.717, 1.165) is 25.7 Å². The largest absolute Gasteiger partial charge is 0.493 e. The monoisotopic (exact) mass is 363 g/mol. The zero-order chi connectivity index (χ0) is 16.8. The predicted octanol–water partition coefficient (Wildman–Crippen LogP) is 5.03. The minimum Gasteiger partial charge on any atom is -0.493 e. The van der Waals surface area contributed by atoms with Gasteiger partial charge in [0.1, 0.15) is 10.9 Å². The van der Waals surface area contributed by atoms with Gasteiger partial charge in [-0.05, 0) is 43.6 Å². The van der Waals surface area contributed by atoms with Crippen LogP contribution in [0.2, 0.25) is 5.15 Å². The number of aliphatic hydroxyl groups excluding tert-OH is 1. The van der Waals surface area contributed by atoms with Gasteiger partial charge in [-0.15, -0.1) is 11.3 Å². The summed E-state index contributed by atoms with van der Waals surface area (Å²) in [6.45, 7) is 0.532. The number of pyridine rings is 1. The number of allylic oxidation sites excluding steroid dienone is 1. The average Bonchev–Trinajstić information content (AvgIpc) is 3.24. The molecule has 2 aromatic heterocycles. The first kappa shape index (κ1) is 17.5. The van der Waals surface area contributed by atoms with Crippen LogP contribution in [0.3, 0.4) is 0 Å². The SMILES string of the molecule is OCc1cc(OC[C@H]2CCC=C2CCCc2cccs2)cc(Cl)n1. The van der Waals surface area contributed by atoms with E-state index >= 15 is 0 Å². The molecule has 24 heavy (non-hydrogen) atoms. The predicted molar refractivity (Wildman–Crippen MR) is 98.7 cm³/mol. The number of rotatable bonds is 8. The van der Waals surface area contributed by atoms with E-state index in [2.05, 4.69) is 28.6 Å². The fourth-order valence-electron chi connectivity index (χ4n) is 3.13. The minimum atomic E-state index is -0.131. The molecule has 128 valence electrons. The molecule has 2 aromatic rings. The molecule has 3 rings (SSSR count). The van der Waals surface area contributed by atoms with E-state index in [1.807, 2.05) is 11.3 Å². The summed E-state index contributed by atoms with van der Waals surface area (Å²) in [5.74, 6) is 1.17. The summed E-state index contributed by atoms with van der Waals surface area (Å²) in [6, 6.07) is 7.78. The molecule has 1 aliphatic rings. The van der Waals surface area contributed by atoms with E-state index in [1.165, 1.54) is 16.9 Å². The number of nitrogens with zero attached hydrogens (tertiary/aromatic N) is 1. The Labute approximate surface area is 152 Å². The molecule has 2 heterocycles. The van der Waals surface area contributed by atoms with E-state index in [4.69, 9.17) is 16.3 Å². The lowest BCUT2D eigenvalue weighted by molar-refractivity contribution is 0.259. The third kappa shape index (κ3) is 4.82. The van der Waals surface area contributed by atoms with Gasteiger partial charge in [0.05, 0.1) is 18.9 Å². The Morgan fingerprint density at radius 3 is 3.04 bits per heavy atom. The standard InChI is InChI=1S/C19H22ClNO2S/c20-19-11-17(10-16(12-22)21-19)23-13-15-6-1-4-14(15)5-2-7-18-8-3-9-24-18/h3-4,8-11,15,22H,1-2,5-7,12-13H2/t15-/m1/s1. The van der Waals surface area contributed by atoms with Crippen molar-refractivity contribution in [1.29, 1.82) is 0 Å². The van der Waals surface area contributed by atoms with Gasteiger partial charge in [0.25, 0.3) is 0 Å². The number of thiophene rings is 1. The highest BCUT2D eigenvalue weighted by Gasteiger charge is 2.20. The van der Waals surface area contributed by atoms with Crippen molar-refractivity contribution >= 4 is 22.9 Å². The van der Waals surface area contributed by atoms with Crippen LogP contribution in [0.1, 0.15) is 36.3 Å². The van der Waals surface area contributed by atoms with Crippen LogP contribution in [0.25, 0.3) is 0 Å². The van der Waals surface area contributed by atoms with Crippen molar-refractivity contribution in [2.24, 2.45) is 5.92 Å². The normalized spacial score (nSPS) is 17.1. The molecule has 0 fully saturated rings. The maximum atomic E-state index is 9.20. The van der Waals surface area contributed by atoms with Gasteiger partial charge in [-0.3, -0.25) is 0 Å². The third-order valence-electron chi connectivity index (χ3n) is 4.35. The second-order valence-corrected chi connectivity index (χ2v) is 7.49. The molecule has 0 saturated heterocycles. The summed E-state index contributed by atoms with van der Waals surface area (Å²) >= 11 is 7.79. The maximum absolute atomic E-state index is 9.20. The Hall–Kier alpha value is -1.36. The second-order valence-electron chi connectivity index (χ2n) is 6.07. The van der Waals surface area contributed by atoms with Crippen LogP contribution in [-0.2, 0) is 13.0 Å². The number of aromatic nitrogens is 1. The number of aliphatic hydroxyl groups is 1. The fraction of sp³-hybridized carbons (Fsp3) is 0.421. The lowest BCUT2D eigenvalue weighted by Crippen LogP contribution is -2.12. The summed E-state index contributed by atoms with van der Waals surface area (Å²) in [5.41, 5.74) is 2.06. The highest BCUT2D eigenvalue weighted by molar-refractivity contribution is 7.09. The summed E-state index contributed by atoms with van der Waals surface area (Å²) in [6.07, 6.45) is 8.16. The molecule has 1 N–H and O–H groups in total. The molecular formula is C19H22ClNO2S. The van der Waals surface area contributed by atoms with Crippen molar-refractivity contribution in [2.45, 2.75) is 38.7 Å². The van der Waals surface area contributed by atoms with Gasteiger partial charge in [0.15, 0.2) is 0 Å². The van der Waals surface area contributed by atoms with E-state index < -0.39 is 0 Å². The molecule has 0 saturated carbocycles. The zero-order valence-electron chi connectivity index (χ0n) is 13.6. The summed E-state index contributed by atoms with van der Waals surface area (Å²) in [4.78, 5) is 5.50. The lowest BCUT2D eigenvalue weighted by atomic mass is 9.97. The van der Waals surface area contributed by atoms with Gasteiger partial charge in [0, 0.05) is 22.9 Å². The Morgan fingerprint density at radius 2 is 2.25 bits per heavy atom. The molecule has 5 heteroatoms. The maximum Gasteiger partial charge on any atom is 0.133 e. The van der Waals surface area contributed by atoms with Crippen molar-refractivity contribution in [2.75, 3.05) is 6.61 Å². The summed E-state index contributed by atoms with van der Waals surface area (Å²) in [7, 11) is 0. The number of aryl methyl sites for hydroxylation is 1. The van der Waals surface area contributed by atoms with Crippen LogP contribution >= 0.6 is 22.9 Å². The second kappa shape index (κ2) is 8.65. The Morgan fingerprint density at radius 1 is 1.33 bits per heavy atom. The van der Waals surface area contributed by atoms with Crippen LogP contribution < -0.4 is 4.74 Å². The molecule has 3 nitrogen and oxygen atoms in total. The van der Waals surface area contributed by atoms with Gasteiger partial charge in [-0.1, -0.05) is 29.3 Å². The van der Waals surface area contributed by atoms with Crippen molar-refractivity contribution in [3.8, 4) is 5.75 Å².